The van der Waals surface area contributed by atoms with Gasteiger partial charge in [0.05, 0.1) is 12.0 Å². The number of nitrogens with two attached hydrogens (primary N) is 1. The summed E-state index contributed by atoms with van der Waals surface area (Å²) in [6.45, 7) is 0. The zero-order chi connectivity index (χ0) is 9.26. The molecule has 2 N–H and O–H groups in total. The van der Waals surface area contributed by atoms with E-state index in [1.165, 1.54) is 22.0 Å². The molecule has 0 bridgehead atoms. The summed E-state index contributed by atoms with van der Waals surface area (Å²) in [5.74, 6) is 0.696. The van der Waals surface area contributed by atoms with E-state index in [1.807, 2.05) is 6.07 Å². The van der Waals surface area contributed by atoms with Gasteiger partial charge in [0.1, 0.15) is 0 Å². The first kappa shape index (κ1) is 8.72. The Balaban J connectivity index is 2.21. The van der Waals surface area contributed by atoms with Crippen LogP contribution in [0.15, 0.2) is 12.1 Å². The molecule has 0 radical (unpaired) electrons. The molecule has 1 atom stereocenters. The van der Waals surface area contributed by atoms with E-state index in [0.717, 1.165) is 12.8 Å². The fourth-order valence-corrected chi connectivity index (χ4v) is 2.22. The van der Waals surface area contributed by atoms with Crippen molar-refractivity contribution < 1.29 is 4.74 Å². The molecule has 2 rings (SSSR count). The van der Waals surface area contributed by atoms with Gasteiger partial charge in [0, 0.05) is 12.1 Å². The fraction of sp³-hybridized carbons (Fsp3) is 0.444. The third kappa shape index (κ3) is 1.73. The second kappa shape index (κ2) is 3.47. The van der Waals surface area contributed by atoms with E-state index in [1.54, 1.807) is 7.11 Å². The number of hydrogen-bond donors (Lipinski definition) is 1. The number of nitrogens with zero attached hydrogens (tertiary/aromatic N) is 1. The van der Waals surface area contributed by atoms with E-state index in [0.29, 0.717) is 5.88 Å². The molecule has 0 amide bonds. The summed E-state index contributed by atoms with van der Waals surface area (Å²) in [6, 6.07) is 2.19. The Hall–Kier alpha value is -0.870. The lowest BCUT2D eigenvalue weighted by Gasteiger charge is -1.92. The zero-order valence-corrected chi connectivity index (χ0v) is 8.30. The van der Waals surface area contributed by atoms with Crippen molar-refractivity contribution >= 4 is 17.1 Å². The first-order chi connectivity index (χ1) is 6.29. The molecular weight excluding hydrogens is 184 g/mol. The van der Waals surface area contributed by atoms with Crippen LogP contribution in [-0.2, 0) is 0 Å². The molecular formula is C9H12N2OS. The van der Waals surface area contributed by atoms with Crippen LogP contribution in [0.5, 0.6) is 5.88 Å². The van der Waals surface area contributed by atoms with Crippen molar-refractivity contribution in [2.45, 2.75) is 18.9 Å². The Bertz CT molecular complexity index is 332. The molecule has 70 valence electrons. The standard InChI is InChI=1S/C9H12N2OS/c1-12-9-5-8(13-11-9)6-2-3-7(10)4-6/h4-5,7H,2-3,10H2,1H3. The molecule has 0 aromatic carbocycles. The van der Waals surface area contributed by atoms with Crippen molar-refractivity contribution in [1.29, 1.82) is 0 Å². The Morgan fingerprint density at radius 1 is 1.69 bits per heavy atom. The highest BCUT2D eigenvalue weighted by atomic mass is 32.1. The van der Waals surface area contributed by atoms with Crippen molar-refractivity contribution in [3.05, 3.63) is 17.0 Å². The number of hydrogen-bond acceptors (Lipinski definition) is 4. The second-order valence-electron chi connectivity index (χ2n) is 3.13. The Morgan fingerprint density at radius 3 is 3.08 bits per heavy atom. The van der Waals surface area contributed by atoms with Crippen molar-refractivity contribution in [3.8, 4) is 5.88 Å². The molecule has 0 fully saturated rings. The summed E-state index contributed by atoms with van der Waals surface area (Å²) in [5, 5.41) is 0. The van der Waals surface area contributed by atoms with E-state index < -0.39 is 0 Å². The van der Waals surface area contributed by atoms with Gasteiger partial charge in [-0.3, -0.25) is 0 Å². The molecule has 3 nitrogen and oxygen atoms in total. The number of methoxy groups -OCH3 is 1. The minimum Gasteiger partial charge on any atom is -0.480 e. The molecule has 0 saturated heterocycles. The average Bonchev–Trinajstić information content (AvgIpc) is 2.71. The summed E-state index contributed by atoms with van der Waals surface area (Å²) in [4.78, 5) is 1.19. The maximum absolute atomic E-state index is 5.78. The van der Waals surface area contributed by atoms with Crippen LogP contribution in [0, 0.1) is 0 Å². The zero-order valence-electron chi connectivity index (χ0n) is 7.49. The van der Waals surface area contributed by atoms with Gasteiger partial charge in [0.25, 0.3) is 0 Å². The van der Waals surface area contributed by atoms with Gasteiger partial charge in [-0.05, 0) is 29.9 Å². The van der Waals surface area contributed by atoms with Gasteiger partial charge < -0.3 is 10.5 Å². The molecule has 1 unspecified atom stereocenters. The number of ether oxygens (including phenoxy) is 1. The smallest absolute Gasteiger partial charge is 0.225 e. The third-order valence-electron chi connectivity index (χ3n) is 2.18. The minimum absolute atomic E-state index is 0.225. The summed E-state index contributed by atoms with van der Waals surface area (Å²) in [7, 11) is 1.63. The van der Waals surface area contributed by atoms with Gasteiger partial charge in [-0.15, -0.1) is 0 Å². The Kier molecular flexibility index (Phi) is 2.33. The van der Waals surface area contributed by atoms with E-state index in [9.17, 15) is 0 Å². The SMILES string of the molecule is COc1cc(C2=CC(N)CC2)sn1. The van der Waals surface area contributed by atoms with Crippen LogP contribution in [0.1, 0.15) is 17.7 Å². The molecule has 1 aliphatic rings. The van der Waals surface area contributed by atoms with E-state index in [-0.39, 0.29) is 6.04 Å². The molecule has 0 saturated carbocycles. The highest BCUT2D eigenvalue weighted by molar-refractivity contribution is 7.07. The Labute approximate surface area is 81.4 Å². The molecule has 1 heterocycles. The largest absolute Gasteiger partial charge is 0.480 e. The highest BCUT2D eigenvalue weighted by Crippen LogP contribution is 2.31. The van der Waals surface area contributed by atoms with Crippen LogP contribution in [0.25, 0.3) is 5.57 Å². The molecule has 0 spiro atoms. The van der Waals surface area contributed by atoms with Crippen molar-refractivity contribution in [2.24, 2.45) is 5.73 Å². The maximum atomic E-state index is 5.78. The van der Waals surface area contributed by atoms with Crippen LogP contribution >= 0.6 is 11.5 Å². The third-order valence-corrected chi connectivity index (χ3v) is 3.02. The molecule has 13 heavy (non-hydrogen) atoms. The lowest BCUT2D eigenvalue weighted by atomic mass is 10.2. The van der Waals surface area contributed by atoms with Crippen molar-refractivity contribution in [1.82, 2.24) is 4.37 Å². The molecule has 1 aliphatic carbocycles. The fourth-order valence-electron chi connectivity index (χ4n) is 1.46. The lowest BCUT2D eigenvalue weighted by molar-refractivity contribution is 0.402. The second-order valence-corrected chi connectivity index (χ2v) is 3.93. The average molecular weight is 196 g/mol. The van der Waals surface area contributed by atoms with Crippen molar-refractivity contribution in [2.75, 3.05) is 7.11 Å². The summed E-state index contributed by atoms with van der Waals surface area (Å²) >= 11 is 1.47. The van der Waals surface area contributed by atoms with Crippen LogP contribution < -0.4 is 10.5 Å². The predicted molar refractivity (Wildman–Crippen MR) is 53.9 cm³/mol. The summed E-state index contributed by atoms with van der Waals surface area (Å²) in [5.41, 5.74) is 7.09. The molecule has 0 aliphatic heterocycles. The first-order valence-corrected chi connectivity index (χ1v) is 5.04. The van der Waals surface area contributed by atoms with Gasteiger partial charge in [0.15, 0.2) is 0 Å². The number of allylic oxidation sites excluding steroid dienone is 1. The monoisotopic (exact) mass is 196 g/mol. The molecule has 1 aromatic rings. The van der Waals surface area contributed by atoms with Crippen LogP contribution in [0.2, 0.25) is 0 Å². The highest BCUT2D eigenvalue weighted by Gasteiger charge is 2.15. The van der Waals surface area contributed by atoms with Gasteiger partial charge in [-0.1, -0.05) is 6.08 Å². The van der Waals surface area contributed by atoms with Crippen LogP contribution in [0.3, 0.4) is 0 Å². The van der Waals surface area contributed by atoms with Gasteiger partial charge in [0.2, 0.25) is 5.88 Å². The summed E-state index contributed by atoms with van der Waals surface area (Å²) < 4.78 is 9.16. The van der Waals surface area contributed by atoms with Gasteiger partial charge >= 0.3 is 0 Å². The van der Waals surface area contributed by atoms with E-state index in [4.69, 9.17) is 10.5 Å². The molecule has 4 heteroatoms. The quantitative estimate of drug-likeness (QED) is 0.782. The van der Waals surface area contributed by atoms with Crippen LogP contribution in [0.4, 0.5) is 0 Å². The maximum Gasteiger partial charge on any atom is 0.225 e. The minimum atomic E-state index is 0.225. The Morgan fingerprint density at radius 2 is 2.54 bits per heavy atom. The van der Waals surface area contributed by atoms with Crippen LogP contribution in [-0.4, -0.2) is 17.5 Å². The van der Waals surface area contributed by atoms with Gasteiger partial charge in [-0.25, -0.2) is 0 Å². The normalized spacial score (nSPS) is 21.7. The predicted octanol–water partition coefficient (Wildman–Crippen LogP) is 1.66. The lowest BCUT2D eigenvalue weighted by Crippen LogP contribution is -2.11. The molecule has 1 aromatic heterocycles. The topological polar surface area (TPSA) is 48.1 Å². The van der Waals surface area contributed by atoms with Crippen molar-refractivity contribution in [3.63, 3.8) is 0 Å². The van der Waals surface area contributed by atoms with E-state index in [2.05, 4.69) is 10.4 Å². The van der Waals surface area contributed by atoms with Gasteiger partial charge in [-0.2, -0.15) is 4.37 Å². The number of rotatable bonds is 2. The van der Waals surface area contributed by atoms with E-state index >= 15 is 0 Å². The first-order valence-electron chi connectivity index (χ1n) is 4.27. The number of aromatic nitrogens is 1. The summed E-state index contributed by atoms with van der Waals surface area (Å²) in [6.07, 6.45) is 4.23.